The quantitative estimate of drug-likeness (QED) is 0.626. The molecule has 0 aromatic carbocycles. The molecule has 0 saturated carbocycles. The number of sulfonamides is 1. The largest absolute Gasteiger partial charge is 0.467 e. The summed E-state index contributed by atoms with van der Waals surface area (Å²) in [5.41, 5.74) is 0. The molecule has 124 valence electrons. The molecule has 6 nitrogen and oxygen atoms in total. The van der Waals surface area contributed by atoms with Gasteiger partial charge in [-0.25, -0.2) is 22.7 Å². The molecule has 9 heteroatoms. The molecule has 3 rings (SSSR count). The number of pyridine rings is 2. The van der Waals surface area contributed by atoms with E-state index in [1.807, 2.05) is 0 Å². The molecule has 3 aromatic rings. The van der Waals surface area contributed by atoms with Crippen LogP contribution in [0, 0.1) is 0 Å². The highest BCUT2D eigenvalue weighted by atomic mass is 35.5. The average molecular weight is 384 g/mol. The fraction of sp³-hybridized carbons (Fsp3) is 0.0667. The number of anilines is 1. The van der Waals surface area contributed by atoms with Crippen molar-refractivity contribution in [2.75, 3.05) is 4.31 Å². The maximum absolute atomic E-state index is 13.1. The highest BCUT2D eigenvalue weighted by Crippen LogP contribution is 2.29. The van der Waals surface area contributed by atoms with E-state index in [2.05, 4.69) is 9.97 Å². The van der Waals surface area contributed by atoms with E-state index in [-0.39, 0.29) is 27.6 Å². The van der Waals surface area contributed by atoms with Gasteiger partial charge in [0.05, 0.1) is 12.8 Å². The van der Waals surface area contributed by atoms with Gasteiger partial charge in [-0.15, -0.1) is 0 Å². The van der Waals surface area contributed by atoms with Gasteiger partial charge in [0.2, 0.25) is 0 Å². The van der Waals surface area contributed by atoms with E-state index in [1.54, 1.807) is 30.3 Å². The van der Waals surface area contributed by atoms with Crippen LogP contribution in [-0.4, -0.2) is 18.4 Å². The van der Waals surface area contributed by atoms with Crippen LogP contribution >= 0.6 is 23.2 Å². The Morgan fingerprint density at radius 3 is 2.54 bits per heavy atom. The number of halogens is 2. The zero-order valence-corrected chi connectivity index (χ0v) is 14.5. The van der Waals surface area contributed by atoms with Crippen molar-refractivity contribution >= 4 is 39.0 Å². The first-order valence-corrected chi connectivity index (χ1v) is 8.96. The number of hydrogen-bond donors (Lipinski definition) is 0. The zero-order chi connectivity index (χ0) is 17.2. The Morgan fingerprint density at radius 2 is 1.92 bits per heavy atom. The minimum absolute atomic E-state index is 0.0364. The van der Waals surface area contributed by atoms with Gasteiger partial charge < -0.3 is 4.42 Å². The Hall–Kier alpha value is -2.09. The third-order valence-electron chi connectivity index (χ3n) is 3.13. The molecule has 0 unspecified atom stereocenters. The lowest BCUT2D eigenvalue weighted by atomic mass is 10.4. The molecule has 0 fully saturated rings. The molecule has 3 heterocycles. The van der Waals surface area contributed by atoms with Crippen LogP contribution < -0.4 is 4.31 Å². The maximum atomic E-state index is 13.1. The monoisotopic (exact) mass is 383 g/mol. The fourth-order valence-electron chi connectivity index (χ4n) is 2.04. The first-order valence-electron chi connectivity index (χ1n) is 6.76. The molecule has 0 radical (unpaired) electrons. The summed E-state index contributed by atoms with van der Waals surface area (Å²) in [6.07, 6.45) is 2.97. The van der Waals surface area contributed by atoms with Crippen molar-refractivity contribution < 1.29 is 12.8 Å². The van der Waals surface area contributed by atoms with Gasteiger partial charge in [-0.1, -0.05) is 29.3 Å². The van der Waals surface area contributed by atoms with Crippen molar-refractivity contribution in [2.24, 2.45) is 0 Å². The Labute approximate surface area is 148 Å². The number of rotatable bonds is 5. The van der Waals surface area contributed by atoms with Gasteiger partial charge in [0.15, 0.2) is 5.15 Å². The topological polar surface area (TPSA) is 76.3 Å². The second-order valence-electron chi connectivity index (χ2n) is 4.70. The van der Waals surface area contributed by atoms with E-state index in [4.69, 9.17) is 27.6 Å². The van der Waals surface area contributed by atoms with Crippen LogP contribution in [0.4, 0.5) is 5.82 Å². The van der Waals surface area contributed by atoms with Gasteiger partial charge in [0.1, 0.15) is 21.6 Å². The van der Waals surface area contributed by atoms with E-state index in [1.165, 1.54) is 24.6 Å². The first-order chi connectivity index (χ1) is 11.5. The molecule has 24 heavy (non-hydrogen) atoms. The van der Waals surface area contributed by atoms with Gasteiger partial charge >= 0.3 is 0 Å². The molecule has 0 bridgehead atoms. The van der Waals surface area contributed by atoms with E-state index in [0.29, 0.717) is 5.76 Å². The van der Waals surface area contributed by atoms with E-state index >= 15 is 0 Å². The van der Waals surface area contributed by atoms with Crippen molar-refractivity contribution in [1.29, 1.82) is 0 Å². The van der Waals surface area contributed by atoms with Crippen LogP contribution in [0.3, 0.4) is 0 Å². The van der Waals surface area contributed by atoms with Crippen molar-refractivity contribution in [3.05, 3.63) is 71.0 Å². The van der Waals surface area contributed by atoms with Gasteiger partial charge in [0.25, 0.3) is 10.0 Å². The summed E-state index contributed by atoms with van der Waals surface area (Å²) >= 11 is 11.7. The average Bonchev–Trinajstić information content (AvgIpc) is 3.06. The van der Waals surface area contributed by atoms with Gasteiger partial charge in [-0.3, -0.25) is 0 Å². The second kappa shape index (κ2) is 6.80. The smallest absolute Gasteiger partial charge is 0.268 e. The molecule has 0 saturated heterocycles. The molecule has 0 atom stereocenters. The normalized spacial score (nSPS) is 11.4. The van der Waals surface area contributed by atoms with E-state index in [9.17, 15) is 8.42 Å². The van der Waals surface area contributed by atoms with Crippen LogP contribution in [0.25, 0.3) is 0 Å². The Balaban J connectivity index is 2.10. The van der Waals surface area contributed by atoms with Crippen molar-refractivity contribution in [1.82, 2.24) is 9.97 Å². The third kappa shape index (κ3) is 3.38. The molecule has 0 spiro atoms. The summed E-state index contributed by atoms with van der Waals surface area (Å²) in [5, 5.41) is -0.0998. The lowest BCUT2D eigenvalue weighted by molar-refractivity contribution is 0.508. The summed E-state index contributed by atoms with van der Waals surface area (Å²) in [6.45, 7) is -0.0364. The van der Waals surface area contributed by atoms with Crippen molar-refractivity contribution in [2.45, 2.75) is 11.4 Å². The molecule has 0 aliphatic carbocycles. The van der Waals surface area contributed by atoms with Crippen LogP contribution in [0.2, 0.25) is 10.3 Å². The lowest BCUT2D eigenvalue weighted by Crippen LogP contribution is -2.31. The molecular weight excluding hydrogens is 373 g/mol. The summed E-state index contributed by atoms with van der Waals surface area (Å²) < 4.78 is 32.5. The summed E-state index contributed by atoms with van der Waals surface area (Å²) in [6, 6.07) is 11.0. The Bertz CT molecular complexity index is 932. The highest BCUT2D eigenvalue weighted by Gasteiger charge is 2.29. The number of hydrogen-bond acceptors (Lipinski definition) is 5. The summed E-state index contributed by atoms with van der Waals surface area (Å²) in [5.74, 6) is 0.696. The zero-order valence-electron chi connectivity index (χ0n) is 12.1. The van der Waals surface area contributed by atoms with Gasteiger partial charge in [0, 0.05) is 6.20 Å². The predicted octanol–water partition coefficient (Wildman–Crippen LogP) is 3.77. The van der Waals surface area contributed by atoms with E-state index < -0.39 is 10.0 Å². The maximum Gasteiger partial charge on any atom is 0.268 e. The number of nitrogens with zero attached hydrogens (tertiary/aromatic N) is 3. The fourth-order valence-corrected chi connectivity index (χ4v) is 4.07. The second-order valence-corrected chi connectivity index (χ2v) is 7.28. The van der Waals surface area contributed by atoms with E-state index in [0.717, 1.165) is 4.31 Å². The van der Waals surface area contributed by atoms with Crippen molar-refractivity contribution in [3.63, 3.8) is 0 Å². The molecule has 0 amide bonds. The molecule has 0 aliphatic rings. The highest BCUT2D eigenvalue weighted by molar-refractivity contribution is 7.92. The molecular formula is C15H11Cl2N3O3S. The molecule has 0 aliphatic heterocycles. The minimum atomic E-state index is -4.02. The van der Waals surface area contributed by atoms with Crippen LogP contribution in [-0.2, 0) is 16.6 Å². The third-order valence-corrected chi connectivity index (χ3v) is 5.53. The van der Waals surface area contributed by atoms with Gasteiger partial charge in [-0.05, 0) is 36.4 Å². The summed E-state index contributed by atoms with van der Waals surface area (Å²) in [4.78, 5) is 7.75. The van der Waals surface area contributed by atoms with Crippen LogP contribution in [0.5, 0.6) is 0 Å². The standard InChI is InChI=1S/C15H11Cl2N3O3S/c16-13-7-6-12(15(17)19-13)24(21,22)20(10-11-4-3-9-23-11)14-5-1-2-8-18-14/h1-9H,10H2. The lowest BCUT2D eigenvalue weighted by Gasteiger charge is -2.22. The molecule has 0 N–H and O–H groups in total. The Kier molecular flexibility index (Phi) is 4.75. The van der Waals surface area contributed by atoms with Crippen LogP contribution in [0.1, 0.15) is 5.76 Å². The minimum Gasteiger partial charge on any atom is -0.467 e. The predicted molar refractivity (Wildman–Crippen MR) is 90.6 cm³/mol. The van der Waals surface area contributed by atoms with Gasteiger partial charge in [-0.2, -0.15) is 0 Å². The Morgan fingerprint density at radius 1 is 1.08 bits per heavy atom. The molecule has 3 aromatic heterocycles. The SMILES string of the molecule is O=S(=O)(c1ccc(Cl)nc1Cl)N(Cc1ccco1)c1ccccn1. The first kappa shape index (κ1) is 16.8. The number of furan rings is 1. The number of aromatic nitrogens is 2. The van der Waals surface area contributed by atoms with Crippen molar-refractivity contribution in [3.8, 4) is 0 Å². The van der Waals surface area contributed by atoms with Crippen LogP contribution in [0.15, 0.2) is 64.2 Å². The summed E-state index contributed by atoms with van der Waals surface area (Å²) in [7, 11) is -4.02.